The Kier molecular flexibility index (Phi) is 5.10. The number of nitrogens with one attached hydrogen (secondary N) is 1. The van der Waals surface area contributed by atoms with Crippen molar-refractivity contribution in [3.8, 4) is 5.75 Å². The number of carbonyl (C=O) groups is 2. The second-order valence-corrected chi connectivity index (χ2v) is 6.96. The number of hydrogen-bond acceptors (Lipinski definition) is 3. The summed E-state index contributed by atoms with van der Waals surface area (Å²) in [6.45, 7) is 13.3. The van der Waals surface area contributed by atoms with Crippen molar-refractivity contribution in [2.45, 2.75) is 26.8 Å². The monoisotopic (exact) mass is 376 g/mol. The van der Waals surface area contributed by atoms with E-state index >= 15 is 0 Å². The number of amides is 2. The largest absolute Gasteiger partial charge is 0.496 e. The zero-order chi connectivity index (χ0) is 20.6. The van der Waals surface area contributed by atoms with Gasteiger partial charge in [-0.3, -0.25) is 14.5 Å². The lowest BCUT2D eigenvalue weighted by Crippen LogP contribution is -2.49. The van der Waals surface area contributed by atoms with E-state index in [2.05, 4.69) is 18.5 Å². The molecule has 1 heterocycles. The minimum absolute atomic E-state index is 0.118. The molecule has 3 rings (SSSR count). The Morgan fingerprint density at radius 3 is 2.54 bits per heavy atom. The van der Waals surface area contributed by atoms with Crippen LogP contribution >= 0.6 is 0 Å². The zero-order valence-corrected chi connectivity index (χ0v) is 16.6. The van der Waals surface area contributed by atoms with Gasteiger partial charge in [0, 0.05) is 23.0 Å². The Bertz CT molecular complexity index is 1010. The first-order chi connectivity index (χ1) is 13.3. The van der Waals surface area contributed by atoms with Gasteiger partial charge >= 0.3 is 0 Å². The lowest BCUT2D eigenvalue weighted by molar-refractivity contribution is -0.119. The van der Waals surface area contributed by atoms with Crippen LogP contribution in [0.4, 0.5) is 11.4 Å². The fourth-order valence-electron chi connectivity index (χ4n) is 3.38. The first-order valence-corrected chi connectivity index (χ1v) is 9.00. The SMILES string of the molecule is C=CC(=O)Nc1cc([C@H]2C(=C)C(=O)N2c2cc(C)c(C)c(OC)c2)ccc1C. The zero-order valence-electron chi connectivity index (χ0n) is 16.6. The summed E-state index contributed by atoms with van der Waals surface area (Å²) >= 11 is 0. The van der Waals surface area contributed by atoms with Crippen LogP contribution in [0.1, 0.15) is 28.3 Å². The topological polar surface area (TPSA) is 58.6 Å². The van der Waals surface area contributed by atoms with Gasteiger partial charge in [0.2, 0.25) is 5.91 Å². The molecule has 5 nitrogen and oxygen atoms in total. The van der Waals surface area contributed by atoms with Crippen LogP contribution < -0.4 is 15.0 Å². The summed E-state index contributed by atoms with van der Waals surface area (Å²) in [6.07, 6.45) is 1.23. The van der Waals surface area contributed by atoms with Gasteiger partial charge < -0.3 is 10.1 Å². The predicted octanol–water partition coefficient (Wildman–Crippen LogP) is 4.39. The van der Waals surface area contributed by atoms with E-state index in [1.807, 2.05) is 51.1 Å². The van der Waals surface area contributed by atoms with Crippen LogP contribution in [0.5, 0.6) is 5.75 Å². The van der Waals surface area contributed by atoms with E-state index in [9.17, 15) is 9.59 Å². The van der Waals surface area contributed by atoms with Crippen molar-refractivity contribution in [1.82, 2.24) is 0 Å². The molecule has 2 aromatic rings. The van der Waals surface area contributed by atoms with Crippen LogP contribution in [-0.2, 0) is 9.59 Å². The first-order valence-electron chi connectivity index (χ1n) is 9.00. The van der Waals surface area contributed by atoms with Crippen LogP contribution in [0.3, 0.4) is 0 Å². The number of benzene rings is 2. The Morgan fingerprint density at radius 1 is 1.18 bits per heavy atom. The molecule has 1 aliphatic rings. The van der Waals surface area contributed by atoms with Crippen molar-refractivity contribution >= 4 is 23.2 Å². The third kappa shape index (κ3) is 3.20. The van der Waals surface area contributed by atoms with Gasteiger partial charge in [0.1, 0.15) is 5.75 Å². The standard InChI is InChI=1S/C23H24N2O3/c1-7-21(26)24-19-11-17(9-8-13(19)2)22-16(5)23(27)25(22)18-10-14(3)15(4)20(12-18)28-6/h7-12,22H,1,5H2,2-4,6H3,(H,24,26)/t22-/m1/s1. The van der Waals surface area contributed by atoms with Crippen LogP contribution in [0.2, 0.25) is 0 Å². The summed E-state index contributed by atoms with van der Waals surface area (Å²) in [6, 6.07) is 9.30. The molecule has 1 saturated heterocycles. The summed E-state index contributed by atoms with van der Waals surface area (Å²) in [4.78, 5) is 26.0. The second-order valence-electron chi connectivity index (χ2n) is 6.96. The maximum absolute atomic E-state index is 12.6. The molecule has 1 fully saturated rings. The molecular weight excluding hydrogens is 352 g/mol. The molecule has 144 valence electrons. The number of methoxy groups -OCH3 is 1. The highest BCUT2D eigenvalue weighted by Crippen LogP contribution is 2.44. The third-order valence-electron chi connectivity index (χ3n) is 5.20. The van der Waals surface area contributed by atoms with E-state index in [1.54, 1.807) is 12.0 Å². The Morgan fingerprint density at radius 2 is 1.89 bits per heavy atom. The van der Waals surface area contributed by atoms with Crippen LogP contribution in [0.25, 0.3) is 0 Å². The number of nitrogens with zero attached hydrogens (tertiary/aromatic N) is 1. The van der Waals surface area contributed by atoms with E-state index in [0.717, 1.165) is 33.7 Å². The lowest BCUT2D eigenvalue weighted by atomic mass is 9.87. The molecule has 0 aromatic heterocycles. The molecule has 28 heavy (non-hydrogen) atoms. The molecule has 0 spiro atoms. The summed E-state index contributed by atoms with van der Waals surface area (Å²) in [7, 11) is 1.62. The van der Waals surface area contributed by atoms with Crippen molar-refractivity contribution in [2.75, 3.05) is 17.3 Å². The fourth-order valence-corrected chi connectivity index (χ4v) is 3.38. The Hall–Kier alpha value is -3.34. The van der Waals surface area contributed by atoms with Gasteiger partial charge in [-0.25, -0.2) is 0 Å². The van der Waals surface area contributed by atoms with Gasteiger partial charge in [-0.15, -0.1) is 0 Å². The average Bonchev–Trinajstić information content (AvgIpc) is 2.69. The molecule has 0 unspecified atom stereocenters. The van der Waals surface area contributed by atoms with E-state index < -0.39 is 0 Å². The molecule has 1 N–H and O–H groups in total. The van der Waals surface area contributed by atoms with Crippen LogP contribution in [0, 0.1) is 20.8 Å². The number of ether oxygens (including phenoxy) is 1. The highest BCUT2D eigenvalue weighted by Gasteiger charge is 2.43. The molecule has 0 aliphatic carbocycles. The average molecular weight is 376 g/mol. The first kappa shape index (κ1) is 19.4. The van der Waals surface area contributed by atoms with E-state index in [1.165, 1.54) is 6.08 Å². The maximum atomic E-state index is 12.6. The number of β-lactam (4-membered cyclic amide) rings is 1. The Labute approximate surface area is 165 Å². The Balaban J connectivity index is 2.02. The van der Waals surface area contributed by atoms with E-state index in [0.29, 0.717) is 11.3 Å². The molecule has 1 atom stereocenters. The third-order valence-corrected chi connectivity index (χ3v) is 5.20. The van der Waals surface area contributed by atoms with E-state index in [-0.39, 0.29) is 17.9 Å². The van der Waals surface area contributed by atoms with Crippen molar-refractivity contribution in [2.24, 2.45) is 0 Å². The van der Waals surface area contributed by atoms with Gasteiger partial charge in [-0.05, 0) is 61.2 Å². The lowest BCUT2D eigenvalue weighted by Gasteiger charge is -2.43. The maximum Gasteiger partial charge on any atom is 0.256 e. The quantitative estimate of drug-likeness (QED) is 0.622. The van der Waals surface area contributed by atoms with Crippen molar-refractivity contribution in [3.63, 3.8) is 0 Å². The van der Waals surface area contributed by atoms with Crippen molar-refractivity contribution < 1.29 is 14.3 Å². The summed E-state index contributed by atoms with van der Waals surface area (Å²) in [5.41, 5.74) is 5.86. The minimum Gasteiger partial charge on any atom is -0.496 e. The van der Waals surface area contributed by atoms with Gasteiger partial charge in [-0.2, -0.15) is 0 Å². The minimum atomic E-state index is -0.292. The molecule has 0 radical (unpaired) electrons. The van der Waals surface area contributed by atoms with Crippen LogP contribution in [-0.4, -0.2) is 18.9 Å². The molecule has 1 aliphatic heterocycles. The smallest absolute Gasteiger partial charge is 0.256 e. The van der Waals surface area contributed by atoms with Crippen molar-refractivity contribution in [1.29, 1.82) is 0 Å². The molecular formula is C23H24N2O3. The van der Waals surface area contributed by atoms with Gasteiger partial charge in [0.05, 0.1) is 13.2 Å². The highest BCUT2D eigenvalue weighted by atomic mass is 16.5. The number of carbonyl (C=O) groups excluding carboxylic acids is 2. The number of hydrogen-bond donors (Lipinski definition) is 1. The van der Waals surface area contributed by atoms with Gasteiger partial charge in [-0.1, -0.05) is 25.3 Å². The molecule has 2 aromatic carbocycles. The fraction of sp³-hybridized carbons (Fsp3) is 0.217. The summed E-state index contributed by atoms with van der Waals surface area (Å²) < 4.78 is 5.46. The molecule has 2 amide bonds. The molecule has 5 heteroatoms. The van der Waals surface area contributed by atoms with Gasteiger partial charge in [0.15, 0.2) is 0 Å². The van der Waals surface area contributed by atoms with Crippen molar-refractivity contribution in [3.05, 3.63) is 77.4 Å². The predicted molar refractivity (Wildman–Crippen MR) is 112 cm³/mol. The molecule has 0 bridgehead atoms. The second kappa shape index (κ2) is 7.35. The summed E-state index contributed by atoms with van der Waals surface area (Å²) in [5, 5.41) is 2.81. The summed E-state index contributed by atoms with van der Waals surface area (Å²) in [5.74, 6) is 0.342. The van der Waals surface area contributed by atoms with Crippen LogP contribution in [0.15, 0.2) is 55.1 Å². The molecule has 0 saturated carbocycles. The number of aryl methyl sites for hydroxylation is 2. The van der Waals surface area contributed by atoms with Gasteiger partial charge in [0.25, 0.3) is 5.91 Å². The normalized spacial score (nSPS) is 15.9. The number of anilines is 2. The highest BCUT2D eigenvalue weighted by molar-refractivity contribution is 6.15. The number of rotatable bonds is 5. The van der Waals surface area contributed by atoms with E-state index in [4.69, 9.17) is 4.74 Å².